The molecule has 9 atom stereocenters. The van der Waals surface area contributed by atoms with Gasteiger partial charge < -0.3 is 10.4 Å². The van der Waals surface area contributed by atoms with Crippen molar-refractivity contribution in [3.63, 3.8) is 0 Å². The number of halogens is 1. The summed E-state index contributed by atoms with van der Waals surface area (Å²) in [7, 11) is 0. The van der Waals surface area contributed by atoms with E-state index in [9.17, 15) is 19.5 Å². The first-order valence-corrected chi connectivity index (χ1v) is 13.1. The third-order valence-corrected chi connectivity index (χ3v) is 9.64. The number of amides is 1. The van der Waals surface area contributed by atoms with Crippen molar-refractivity contribution in [3.05, 3.63) is 23.8 Å². The van der Waals surface area contributed by atoms with Gasteiger partial charge in [0.15, 0.2) is 5.78 Å². The molecule has 6 heteroatoms. The van der Waals surface area contributed by atoms with E-state index in [1.807, 2.05) is 20.8 Å². The van der Waals surface area contributed by atoms with Gasteiger partial charge >= 0.3 is 0 Å². The lowest BCUT2D eigenvalue weighted by atomic mass is 9.46. The van der Waals surface area contributed by atoms with Crippen LogP contribution in [0.3, 0.4) is 0 Å². The van der Waals surface area contributed by atoms with Gasteiger partial charge in [0.05, 0.1) is 6.10 Å². The normalized spacial score (nSPS) is 42.9. The van der Waals surface area contributed by atoms with Crippen LogP contribution < -0.4 is 5.32 Å². The van der Waals surface area contributed by atoms with Crippen LogP contribution in [0.1, 0.15) is 72.6 Å². The van der Waals surface area contributed by atoms with E-state index in [4.69, 9.17) is 0 Å². The van der Waals surface area contributed by atoms with Crippen molar-refractivity contribution in [1.29, 1.82) is 0 Å². The number of aliphatic hydroxyl groups excluding tert-OH is 1. The molecule has 0 heterocycles. The van der Waals surface area contributed by atoms with Crippen LogP contribution in [0.4, 0.5) is 4.39 Å². The summed E-state index contributed by atoms with van der Waals surface area (Å²) in [6, 6.07) is 0. The number of hydrogen-bond acceptors (Lipinski definition) is 4. The minimum absolute atomic E-state index is 0.00873. The van der Waals surface area contributed by atoms with Gasteiger partial charge in [-0.1, -0.05) is 53.0 Å². The van der Waals surface area contributed by atoms with Gasteiger partial charge in [0.1, 0.15) is 6.17 Å². The number of fused-ring (bicyclic) bond motifs is 5. The fourth-order valence-electron chi connectivity index (χ4n) is 8.24. The molecule has 0 saturated heterocycles. The zero-order chi connectivity index (χ0) is 24.8. The maximum Gasteiger partial charge on any atom is 0.287 e. The first-order chi connectivity index (χ1) is 16.0. The highest BCUT2D eigenvalue weighted by molar-refractivity contribution is 6.37. The minimum atomic E-state index is -1.24. The van der Waals surface area contributed by atoms with Gasteiger partial charge in [0, 0.05) is 23.8 Å². The Kier molecular flexibility index (Phi) is 6.93. The molecule has 0 bridgehead atoms. The number of ketones is 2. The zero-order valence-electron chi connectivity index (χ0n) is 21.0. The van der Waals surface area contributed by atoms with Gasteiger partial charge in [-0.15, -0.1) is 0 Å². The van der Waals surface area contributed by atoms with Gasteiger partial charge in [-0.3, -0.25) is 14.4 Å². The van der Waals surface area contributed by atoms with E-state index < -0.39 is 34.9 Å². The van der Waals surface area contributed by atoms with Crippen molar-refractivity contribution in [3.8, 4) is 0 Å². The third-order valence-electron chi connectivity index (χ3n) is 9.64. The molecule has 4 aliphatic rings. The van der Waals surface area contributed by atoms with Crippen LogP contribution in [-0.4, -0.2) is 41.4 Å². The van der Waals surface area contributed by atoms with Crippen molar-refractivity contribution in [2.75, 3.05) is 6.54 Å². The second-order valence-corrected chi connectivity index (χ2v) is 11.8. The summed E-state index contributed by atoms with van der Waals surface area (Å²) in [4.78, 5) is 38.1. The quantitative estimate of drug-likeness (QED) is 0.426. The molecule has 3 fully saturated rings. The molecule has 4 aliphatic carbocycles. The van der Waals surface area contributed by atoms with Crippen LogP contribution >= 0.6 is 0 Å². The van der Waals surface area contributed by atoms with Crippen LogP contribution in [0.25, 0.3) is 0 Å². The van der Waals surface area contributed by atoms with Crippen molar-refractivity contribution >= 4 is 17.5 Å². The van der Waals surface area contributed by atoms with Crippen LogP contribution in [-0.2, 0) is 14.4 Å². The Hall–Kier alpha value is -1.82. The van der Waals surface area contributed by atoms with Gasteiger partial charge in [-0.2, -0.15) is 0 Å². The number of alkyl halides is 1. The van der Waals surface area contributed by atoms with E-state index in [0.29, 0.717) is 18.5 Å². The number of nitrogens with one attached hydrogen (secondary N) is 1. The molecule has 0 aromatic heterocycles. The summed E-state index contributed by atoms with van der Waals surface area (Å²) in [5.74, 6) is -1.87. The summed E-state index contributed by atoms with van der Waals surface area (Å²) >= 11 is 0. The van der Waals surface area contributed by atoms with E-state index in [0.717, 1.165) is 32.1 Å². The summed E-state index contributed by atoms with van der Waals surface area (Å²) in [6.07, 6.45) is 8.22. The number of aliphatic hydroxyl groups is 1. The van der Waals surface area contributed by atoms with E-state index >= 15 is 4.39 Å². The molecule has 0 radical (unpaired) electrons. The lowest BCUT2D eigenvalue weighted by Crippen LogP contribution is -2.58. The molecule has 0 spiro atoms. The molecular formula is C28H40FNO4. The molecule has 2 N–H and O–H groups in total. The number of rotatable bonds is 7. The number of unbranched alkanes of at least 4 members (excludes halogenated alkanes) is 3. The number of allylic oxidation sites excluding steroid dienone is 4. The molecule has 34 heavy (non-hydrogen) atoms. The highest BCUT2D eigenvalue weighted by atomic mass is 19.1. The molecule has 0 aromatic rings. The molecule has 1 amide bonds. The average Bonchev–Trinajstić information content (AvgIpc) is 3.03. The Labute approximate surface area is 202 Å². The largest absolute Gasteiger partial charge is 0.393 e. The predicted octanol–water partition coefficient (Wildman–Crippen LogP) is 4.34. The Morgan fingerprint density at radius 2 is 1.94 bits per heavy atom. The van der Waals surface area contributed by atoms with Gasteiger partial charge in [-0.05, 0) is 66.6 Å². The maximum absolute atomic E-state index is 15.5. The van der Waals surface area contributed by atoms with Crippen LogP contribution in [0.2, 0.25) is 0 Å². The van der Waals surface area contributed by atoms with E-state index in [-0.39, 0.29) is 41.7 Å². The van der Waals surface area contributed by atoms with E-state index in [2.05, 4.69) is 12.2 Å². The summed E-state index contributed by atoms with van der Waals surface area (Å²) in [5, 5.41) is 14.3. The van der Waals surface area contributed by atoms with Crippen LogP contribution in [0.5, 0.6) is 0 Å². The first-order valence-electron chi connectivity index (χ1n) is 13.1. The van der Waals surface area contributed by atoms with Gasteiger partial charge in [0.2, 0.25) is 5.78 Å². The zero-order valence-corrected chi connectivity index (χ0v) is 21.0. The van der Waals surface area contributed by atoms with E-state index in [1.165, 1.54) is 12.2 Å². The number of carbonyl (C=O) groups excluding carboxylic acids is 3. The Morgan fingerprint density at radius 3 is 2.65 bits per heavy atom. The number of carbonyl (C=O) groups is 3. The van der Waals surface area contributed by atoms with Gasteiger partial charge in [-0.25, -0.2) is 4.39 Å². The third kappa shape index (κ3) is 4.00. The first kappa shape index (κ1) is 25.3. The number of hydrogen-bond donors (Lipinski definition) is 2. The van der Waals surface area contributed by atoms with Crippen LogP contribution in [0.15, 0.2) is 23.8 Å². The molecule has 188 valence electrons. The molecule has 3 saturated carbocycles. The Balaban J connectivity index is 1.56. The van der Waals surface area contributed by atoms with Crippen molar-refractivity contribution < 1.29 is 23.9 Å². The summed E-state index contributed by atoms with van der Waals surface area (Å²) in [5.41, 5.74) is -0.787. The molecule has 0 aliphatic heterocycles. The van der Waals surface area contributed by atoms with Crippen molar-refractivity contribution in [2.45, 2.75) is 84.9 Å². The van der Waals surface area contributed by atoms with Crippen LogP contribution in [0, 0.1) is 40.4 Å². The minimum Gasteiger partial charge on any atom is -0.393 e. The lowest BCUT2D eigenvalue weighted by Gasteiger charge is -2.59. The highest BCUT2D eigenvalue weighted by Gasteiger charge is 2.66. The van der Waals surface area contributed by atoms with Crippen molar-refractivity contribution in [2.24, 2.45) is 40.4 Å². The Morgan fingerprint density at radius 1 is 1.21 bits per heavy atom. The molecular weight excluding hydrogens is 433 g/mol. The second kappa shape index (κ2) is 9.33. The van der Waals surface area contributed by atoms with E-state index in [1.54, 1.807) is 6.08 Å². The predicted molar refractivity (Wildman–Crippen MR) is 128 cm³/mol. The Bertz CT molecular complexity index is 912. The topological polar surface area (TPSA) is 83.5 Å². The number of Topliss-reactive ketones (excluding diaryl/α,β-unsaturated/α-hetero) is 1. The lowest BCUT2D eigenvalue weighted by molar-refractivity contribution is -0.151. The molecule has 3 unspecified atom stereocenters. The maximum atomic E-state index is 15.5. The smallest absolute Gasteiger partial charge is 0.287 e. The molecule has 0 aromatic carbocycles. The average molecular weight is 474 g/mol. The summed E-state index contributed by atoms with van der Waals surface area (Å²) < 4.78 is 15.5. The van der Waals surface area contributed by atoms with Crippen molar-refractivity contribution in [1.82, 2.24) is 5.32 Å². The summed E-state index contributed by atoms with van der Waals surface area (Å²) in [6.45, 7) is 8.61. The standard InChI is InChI=1S/C28H40FNO4/c1-5-6-7-8-11-30-26(34)25(33)23-16(2)12-19-18-14-21(29)20-13-17(31)9-10-27(20,3)24(18)22(32)15-28(19,23)4/h9-10,13,16,18-19,21-24,32H,5-8,11-12,14-15H2,1-4H3,(H,30,34)/t16?,18-,19-,21?,22?,23+,24+,27-,28-/m0/s1. The fraction of sp³-hybridized carbons (Fsp3) is 0.750. The molecule has 5 nitrogen and oxygen atoms in total. The molecule has 4 rings (SSSR count). The second-order valence-electron chi connectivity index (χ2n) is 11.8. The monoisotopic (exact) mass is 473 g/mol. The van der Waals surface area contributed by atoms with Gasteiger partial charge in [0.25, 0.3) is 5.91 Å². The SMILES string of the molecule is CCCCCCNC(=O)C(=O)[C@H]1C(C)C[C@H]2[C@@H]3CC(F)C4=CC(=O)C=C[C@]4(C)[C@H]3C(O)C[C@]12C. The fourth-order valence-corrected chi connectivity index (χ4v) is 8.24. The highest BCUT2D eigenvalue weighted by Crippen LogP contribution is 2.67.